The predicted molar refractivity (Wildman–Crippen MR) is 69.1 cm³/mol. The highest BCUT2D eigenvalue weighted by atomic mass is 19.4. The molecule has 0 fully saturated rings. The summed E-state index contributed by atoms with van der Waals surface area (Å²) in [6.07, 6.45) is -4.05. The fraction of sp³-hybridized carbons (Fsp3) is 0.385. The number of nitrogens with two attached hydrogens (primary N) is 1. The molecule has 0 aliphatic heterocycles. The van der Waals surface area contributed by atoms with Crippen LogP contribution in [0.4, 0.5) is 18.9 Å². The fourth-order valence-electron chi connectivity index (χ4n) is 1.95. The van der Waals surface area contributed by atoms with E-state index in [1.807, 2.05) is 13.0 Å². The summed E-state index contributed by atoms with van der Waals surface area (Å²) in [5, 5.41) is 3.79. The molecule has 0 radical (unpaired) electrons. The van der Waals surface area contributed by atoms with Gasteiger partial charge in [0.25, 0.3) is 0 Å². The van der Waals surface area contributed by atoms with E-state index in [-0.39, 0.29) is 12.4 Å². The molecule has 1 aromatic carbocycles. The van der Waals surface area contributed by atoms with Crippen molar-refractivity contribution < 1.29 is 13.2 Å². The number of aryl methyl sites for hydroxylation is 4. The third-order valence-electron chi connectivity index (χ3n) is 2.98. The molecule has 2 aromatic rings. The van der Waals surface area contributed by atoms with E-state index in [1.54, 1.807) is 12.1 Å². The van der Waals surface area contributed by atoms with Crippen LogP contribution in [-0.4, -0.2) is 14.8 Å². The molecule has 2 rings (SSSR count). The van der Waals surface area contributed by atoms with Crippen LogP contribution in [0, 0.1) is 13.8 Å². The smallest absolute Gasteiger partial charge is 0.399 e. The third-order valence-corrected chi connectivity index (χ3v) is 2.98. The van der Waals surface area contributed by atoms with Gasteiger partial charge < -0.3 is 5.73 Å². The van der Waals surface area contributed by atoms with Gasteiger partial charge in [-0.25, -0.2) is 9.67 Å². The number of anilines is 1. The minimum atomic E-state index is -4.49. The lowest BCUT2D eigenvalue weighted by atomic mass is 10.1. The summed E-state index contributed by atoms with van der Waals surface area (Å²) < 4.78 is 39.2. The second kappa shape index (κ2) is 5.15. The summed E-state index contributed by atoms with van der Waals surface area (Å²) in [7, 11) is 0. The Morgan fingerprint density at radius 1 is 1.25 bits per heavy atom. The second-order valence-electron chi connectivity index (χ2n) is 4.64. The third kappa shape index (κ3) is 3.09. The van der Waals surface area contributed by atoms with E-state index in [1.165, 1.54) is 6.92 Å². The summed E-state index contributed by atoms with van der Waals surface area (Å²) in [6, 6.07) is 5.42. The molecular formula is C13H15F3N4. The molecule has 0 amide bonds. The molecule has 4 nitrogen and oxygen atoms in total. The Morgan fingerprint density at radius 3 is 2.55 bits per heavy atom. The minimum absolute atomic E-state index is 0.116. The first-order valence-corrected chi connectivity index (χ1v) is 6.11. The zero-order chi connectivity index (χ0) is 14.9. The lowest BCUT2D eigenvalue weighted by molar-refractivity contribution is -0.147. The molecule has 0 atom stereocenters. The van der Waals surface area contributed by atoms with Gasteiger partial charge in [0.15, 0.2) is 0 Å². The van der Waals surface area contributed by atoms with Crippen molar-refractivity contribution in [2.24, 2.45) is 0 Å². The predicted octanol–water partition coefficient (Wildman–Crippen LogP) is 2.74. The van der Waals surface area contributed by atoms with Crippen LogP contribution >= 0.6 is 0 Å². The van der Waals surface area contributed by atoms with Crippen LogP contribution < -0.4 is 5.73 Å². The van der Waals surface area contributed by atoms with Crippen LogP contribution in [-0.2, 0) is 19.1 Å². The van der Waals surface area contributed by atoms with Gasteiger partial charge in [0, 0.05) is 12.2 Å². The van der Waals surface area contributed by atoms with Crippen LogP contribution in [0.25, 0.3) is 0 Å². The molecule has 0 bridgehead atoms. The van der Waals surface area contributed by atoms with E-state index in [4.69, 9.17) is 5.73 Å². The van der Waals surface area contributed by atoms with E-state index in [0.717, 1.165) is 15.8 Å². The standard InChI is InChI=1S/C13H15F3N4/c1-8-7-10(3-4-11(8)17)5-6-20-12(13(14,15)16)18-9(2)19-20/h3-4,7H,5-6,17H2,1-2H3. The van der Waals surface area contributed by atoms with Gasteiger partial charge in [-0.2, -0.15) is 18.3 Å². The van der Waals surface area contributed by atoms with Crippen molar-refractivity contribution in [2.75, 3.05) is 5.73 Å². The molecule has 0 saturated heterocycles. The summed E-state index contributed by atoms with van der Waals surface area (Å²) in [4.78, 5) is 3.43. The topological polar surface area (TPSA) is 56.7 Å². The maximum Gasteiger partial charge on any atom is 0.451 e. The molecular weight excluding hydrogens is 269 g/mol. The van der Waals surface area contributed by atoms with Gasteiger partial charge in [-0.05, 0) is 37.5 Å². The summed E-state index contributed by atoms with van der Waals surface area (Å²) in [6.45, 7) is 3.43. The number of nitrogens with zero attached hydrogens (tertiary/aromatic N) is 3. The van der Waals surface area contributed by atoms with E-state index in [0.29, 0.717) is 12.1 Å². The number of rotatable bonds is 3. The zero-order valence-corrected chi connectivity index (χ0v) is 11.2. The van der Waals surface area contributed by atoms with Crippen LogP contribution in [0.2, 0.25) is 0 Å². The minimum Gasteiger partial charge on any atom is -0.399 e. The number of aromatic nitrogens is 3. The summed E-state index contributed by atoms with van der Waals surface area (Å²) in [5.74, 6) is -0.840. The normalized spacial score (nSPS) is 11.8. The number of halogens is 3. The van der Waals surface area contributed by atoms with Crippen molar-refractivity contribution in [3.8, 4) is 0 Å². The lowest BCUT2D eigenvalue weighted by Gasteiger charge is -2.09. The van der Waals surface area contributed by atoms with Gasteiger partial charge >= 0.3 is 6.18 Å². The monoisotopic (exact) mass is 284 g/mol. The van der Waals surface area contributed by atoms with E-state index < -0.39 is 12.0 Å². The van der Waals surface area contributed by atoms with Gasteiger partial charge in [0.1, 0.15) is 5.82 Å². The van der Waals surface area contributed by atoms with Crippen LogP contribution in [0.3, 0.4) is 0 Å². The fourth-order valence-corrected chi connectivity index (χ4v) is 1.95. The van der Waals surface area contributed by atoms with Crippen molar-refractivity contribution >= 4 is 5.69 Å². The Kier molecular flexibility index (Phi) is 3.69. The molecule has 0 spiro atoms. The largest absolute Gasteiger partial charge is 0.451 e. The first kappa shape index (κ1) is 14.4. The van der Waals surface area contributed by atoms with E-state index in [2.05, 4.69) is 10.1 Å². The maximum absolute atomic E-state index is 12.8. The molecule has 1 aromatic heterocycles. The zero-order valence-electron chi connectivity index (χ0n) is 11.2. The second-order valence-corrected chi connectivity index (χ2v) is 4.64. The Labute approximate surface area is 114 Å². The van der Waals surface area contributed by atoms with Gasteiger partial charge in [-0.3, -0.25) is 0 Å². The van der Waals surface area contributed by atoms with Gasteiger partial charge in [0.05, 0.1) is 0 Å². The van der Waals surface area contributed by atoms with Crippen LogP contribution in [0.1, 0.15) is 22.8 Å². The number of benzene rings is 1. The average Bonchev–Trinajstić information content (AvgIpc) is 2.72. The average molecular weight is 284 g/mol. The van der Waals surface area contributed by atoms with Crippen LogP contribution in [0.5, 0.6) is 0 Å². The Balaban J connectivity index is 2.17. The number of hydrogen-bond acceptors (Lipinski definition) is 3. The Morgan fingerprint density at radius 2 is 1.95 bits per heavy atom. The maximum atomic E-state index is 12.8. The van der Waals surface area contributed by atoms with E-state index >= 15 is 0 Å². The van der Waals surface area contributed by atoms with Crippen molar-refractivity contribution in [2.45, 2.75) is 33.0 Å². The highest BCUT2D eigenvalue weighted by Crippen LogP contribution is 2.27. The van der Waals surface area contributed by atoms with Crippen LogP contribution in [0.15, 0.2) is 18.2 Å². The molecule has 7 heteroatoms. The first-order valence-electron chi connectivity index (χ1n) is 6.11. The summed E-state index contributed by atoms with van der Waals surface area (Å²) >= 11 is 0. The van der Waals surface area contributed by atoms with Gasteiger partial charge in [-0.1, -0.05) is 12.1 Å². The molecule has 108 valence electrons. The van der Waals surface area contributed by atoms with E-state index in [9.17, 15) is 13.2 Å². The summed E-state index contributed by atoms with van der Waals surface area (Å²) in [5.41, 5.74) is 8.20. The lowest BCUT2D eigenvalue weighted by Crippen LogP contribution is -2.17. The number of alkyl halides is 3. The Bertz CT molecular complexity index is 617. The van der Waals surface area contributed by atoms with Gasteiger partial charge in [-0.15, -0.1) is 0 Å². The van der Waals surface area contributed by atoms with Crippen molar-refractivity contribution in [3.63, 3.8) is 0 Å². The molecule has 0 saturated carbocycles. The SMILES string of the molecule is Cc1nc(C(F)(F)F)n(CCc2ccc(N)c(C)c2)n1. The molecule has 0 aliphatic rings. The molecule has 0 unspecified atom stereocenters. The van der Waals surface area contributed by atoms with Crippen molar-refractivity contribution in [1.29, 1.82) is 0 Å². The number of hydrogen-bond donors (Lipinski definition) is 1. The van der Waals surface area contributed by atoms with Gasteiger partial charge in [0.2, 0.25) is 5.82 Å². The first-order chi connectivity index (χ1) is 9.27. The molecule has 0 aliphatic carbocycles. The number of nitrogen functional groups attached to an aromatic ring is 1. The van der Waals surface area contributed by atoms with Crippen molar-refractivity contribution in [3.05, 3.63) is 41.0 Å². The quantitative estimate of drug-likeness (QED) is 0.882. The Hall–Kier alpha value is -2.05. The highest BCUT2D eigenvalue weighted by molar-refractivity contribution is 5.47. The molecule has 1 heterocycles. The highest BCUT2D eigenvalue weighted by Gasteiger charge is 2.37. The molecule has 2 N–H and O–H groups in total. The van der Waals surface area contributed by atoms with Crippen molar-refractivity contribution in [1.82, 2.24) is 14.8 Å². The molecule has 20 heavy (non-hydrogen) atoms.